The molecule has 1 aliphatic rings. The molecule has 0 aromatic carbocycles. The van der Waals surface area contributed by atoms with Gasteiger partial charge in [-0.2, -0.15) is 0 Å². The molecule has 0 N–H and O–H groups in total. The average Bonchev–Trinajstić information content (AvgIpc) is 2.45. The number of hydrogen-bond donors (Lipinski definition) is 0. The Morgan fingerprint density at radius 1 is 1.29 bits per heavy atom. The number of aryl methyl sites for hydroxylation is 1. The van der Waals surface area contributed by atoms with Gasteiger partial charge in [0.05, 0.1) is 5.69 Å². The predicted molar refractivity (Wildman–Crippen MR) is 95.1 cm³/mol. The van der Waals surface area contributed by atoms with Crippen LogP contribution in [0.4, 0.5) is 4.79 Å². The fourth-order valence-corrected chi connectivity index (χ4v) is 2.60. The third-order valence-electron chi connectivity index (χ3n) is 3.76. The van der Waals surface area contributed by atoms with Crippen LogP contribution < -0.4 is 4.74 Å². The summed E-state index contributed by atoms with van der Waals surface area (Å²) in [5.41, 5.74) is 2.23. The van der Waals surface area contributed by atoms with E-state index in [4.69, 9.17) is 9.47 Å². The van der Waals surface area contributed by atoms with Crippen molar-refractivity contribution in [1.82, 2.24) is 9.88 Å². The van der Waals surface area contributed by atoms with Gasteiger partial charge in [-0.05, 0) is 40.2 Å². The van der Waals surface area contributed by atoms with E-state index in [2.05, 4.69) is 11.6 Å². The van der Waals surface area contributed by atoms with E-state index in [1.807, 2.05) is 46.8 Å². The first-order valence-electron chi connectivity index (χ1n) is 8.43. The summed E-state index contributed by atoms with van der Waals surface area (Å²) in [6.07, 6.45) is 1.44. The maximum atomic E-state index is 12.1. The molecule has 0 saturated carbocycles. The second-order valence-corrected chi connectivity index (χ2v) is 7.39. The standard InChI is InChI=1S/C19H28N2O3/c1-13(2)17-12-16(11-14(3)20-17)23-15-7-9-21(10-8-15)18(22)24-19(4,5)6/h11-12,15H,1,7-10H2,2-6H3. The number of amides is 1. The number of carbonyl (C=O) groups excluding carboxylic acids is 1. The minimum absolute atomic E-state index is 0.100. The second-order valence-electron chi connectivity index (χ2n) is 7.39. The lowest BCUT2D eigenvalue weighted by molar-refractivity contribution is 0.0126. The molecular weight excluding hydrogens is 304 g/mol. The van der Waals surface area contributed by atoms with Crippen LogP contribution in [0.5, 0.6) is 5.75 Å². The van der Waals surface area contributed by atoms with Gasteiger partial charge in [-0.15, -0.1) is 0 Å². The van der Waals surface area contributed by atoms with Crippen molar-refractivity contribution in [1.29, 1.82) is 0 Å². The van der Waals surface area contributed by atoms with Crippen molar-refractivity contribution < 1.29 is 14.3 Å². The maximum Gasteiger partial charge on any atom is 0.410 e. The highest BCUT2D eigenvalue weighted by Crippen LogP contribution is 2.23. The number of piperidine rings is 1. The average molecular weight is 332 g/mol. The maximum absolute atomic E-state index is 12.1. The van der Waals surface area contributed by atoms with E-state index in [-0.39, 0.29) is 12.2 Å². The molecule has 0 unspecified atom stereocenters. The van der Waals surface area contributed by atoms with Gasteiger partial charge in [0, 0.05) is 43.8 Å². The summed E-state index contributed by atoms with van der Waals surface area (Å²) < 4.78 is 11.5. The molecular formula is C19H28N2O3. The van der Waals surface area contributed by atoms with Crippen LogP contribution in [0.2, 0.25) is 0 Å². The number of pyridine rings is 1. The Morgan fingerprint density at radius 3 is 2.46 bits per heavy atom. The Labute approximate surface area is 144 Å². The first-order valence-corrected chi connectivity index (χ1v) is 8.43. The molecule has 24 heavy (non-hydrogen) atoms. The smallest absolute Gasteiger partial charge is 0.410 e. The first-order chi connectivity index (χ1) is 11.1. The molecule has 0 aliphatic carbocycles. The number of hydrogen-bond acceptors (Lipinski definition) is 4. The van der Waals surface area contributed by atoms with Gasteiger partial charge < -0.3 is 14.4 Å². The normalized spacial score (nSPS) is 16.0. The summed E-state index contributed by atoms with van der Waals surface area (Å²) in [6, 6.07) is 3.86. The lowest BCUT2D eigenvalue weighted by Gasteiger charge is -2.33. The molecule has 1 aliphatic heterocycles. The Morgan fingerprint density at radius 2 is 1.92 bits per heavy atom. The van der Waals surface area contributed by atoms with E-state index in [1.54, 1.807) is 4.90 Å². The topological polar surface area (TPSA) is 51.7 Å². The molecule has 5 heteroatoms. The number of nitrogens with zero attached hydrogens (tertiary/aromatic N) is 2. The molecule has 1 amide bonds. The molecule has 1 aromatic heterocycles. The molecule has 1 aromatic rings. The molecule has 132 valence electrons. The zero-order valence-electron chi connectivity index (χ0n) is 15.4. The molecule has 0 bridgehead atoms. The van der Waals surface area contributed by atoms with Crippen LogP contribution >= 0.6 is 0 Å². The summed E-state index contributed by atoms with van der Waals surface area (Å²) in [5, 5.41) is 0. The lowest BCUT2D eigenvalue weighted by atomic mass is 10.1. The molecule has 2 heterocycles. The highest BCUT2D eigenvalue weighted by molar-refractivity contribution is 5.68. The highest BCUT2D eigenvalue weighted by Gasteiger charge is 2.27. The largest absolute Gasteiger partial charge is 0.490 e. The van der Waals surface area contributed by atoms with Crippen LogP contribution in [-0.2, 0) is 4.74 Å². The van der Waals surface area contributed by atoms with Gasteiger partial charge in [0.1, 0.15) is 17.5 Å². The molecule has 2 rings (SSSR count). The Bertz CT molecular complexity index is 612. The fourth-order valence-electron chi connectivity index (χ4n) is 2.60. The van der Waals surface area contributed by atoms with Gasteiger partial charge in [-0.3, -0.25) is 4.98 Å². The van der Waals surface area contributed by atoms with E-state index in [9.17, 15) is 4.79 Å². The minimum atomic E-state index is -0.460. The third-order valence-corrected chi connectivity index (χ3v) is 3.76. The number of carbonyl (C=O) groups is 1. The second kappa shape index (κ2) is 7.24. The van der Waals surface area contributed by atoms with Crippen LogP contribution in [0.15, 0.2) is 18.7 Å². The summed E-state index contributed by atoms with van der Waals surface area (Å²) in [6.45, 7) is 14.8. The van der Waals surface area contributed by atoms with Crippen LogP contribution in [0.25, 0.3) is 5.57 Å². The lowest BCUT2D eigenvalue weighted by Crippen LogP contribution is -2.44. The molecule has 0 atom stereocenters. The Balaban J connectivity index is 1.92. The van der Waals surface area contributed by atoms with Crippen LogP contribution in [-0.4, -0.2) is 40.8 Å². The summed E-state index contributed by atoms with van der Waals surface area (Å²) >= 11 is 0. The molecule has 5 nitrogen and oxygen atoms in total. The van der Waals surface area contributed by atoms with Crippen LogP contribution in [0.3, 0.4) is 0 Å². The number of rotatable bonds is 3. The zero-order valence-corrected chi connectivity index (χ0v) is 15.4. The van der Waals surface area contributed by atoms with Gasteiger partial charge in [0.2, 0.25) is 0 Å². The van der Waals surface area contributed by atoms with E-state index in [0.29, 0.717) is 13.1 Å². The van der Waals surface area contributed by atoms with Crippen molar-refractivity contribution in [2.75, 3.05) is 13.1 Å². The number of likely N-dealkylation sites (tertiary alicyclic amines) is 1. The molecule has 1 fully saturated rings. The third kappa shape index (κ3) is 5.25. The zero-order chi connectivity index (χ0) is 17.9. The Kier molecular flexibility index (Phi) is 5.52. The van der Waals surface area contributed by atoms with Crippen LogP contribution in [0.1, 0.15) is 51.9 Å². The van der Waals surface area contributed by atoms with Gasteiger partial charge >= 0.3 is 6.09 Å². The van der Waals surface area contributed by atoms with E-state index >= 15 is 0 Å². The van der Waals surface area contributed by atoms with Crippen molar-refractivity contribution in [3.05, 3.63) is 30.1 Å². The quantitative estimate of drug-likeness (QED) is 0.832. The Hall–Kier alpha value is -2.04. The van der Waals surface area contributed by atoms with Crippen molar-refractivity contribution >= 4 is 11.7 Å². The van der Waals surface area contributed by atoms with E-state index in [0.717, 1.165) is 35.6 Å². The summed E-state index contributed by atoms with van der Waals surface area (Å²) in [5.74, 6) is 0.816. The van der Waals surface area contributed by atoms with Gasteiger partial charge in [-0.1, -0.05) is 6.58 Å². The van der Waals surface area contributed by atoms with Crippen molar-refractivity contribution in [2.24, 2.45) is 0 Å². The van der Waals surface area contributed by atoms with E-state index in [1.165, 1.54) is 0 Å². The van der Waals surface area contributed by atoms with Crippen LogP contribution in [0, 0.1) is 6.92 Å². The fraction of sp³-hybridized carbons (Fsp3) is 0.579. The van der Waals surface area contributed by atoms with Crippen molar-refractivity contribution in [2.45, 2.75) is 59.2 Å². The van der Waals surface area contributed by atoms with Gasteiger partial charge in [-0.25, -0.2) is 4.79 Å². The number of ether oxygens (including phenoxy) is 2. The summed E-state index contributed by atoms with van der Waals surface area (Å²) in [4.78, 5) is 18.3. The highest BCUT2D eigenvalue weighted by atomic mass is 16.6. The first kappa shape index (κ1) is 18.3. The van der Waals surface area contributed by atoms with Gasteiger partial charge in [0.15, 0.2) is 0 Å². The van der Waals surface area contributed by atoms with Crippen molar-refractivity contribution in [3.63, 3.8) is 0 Å². The van der Waals surface area contributed by atoms with Gasteiger partial charge in [0.25, 0.3) is 0 Å². The molecule has 0 spiro atoms. The molecule has 1 saturated heterocycles. The SMILES string of the molecule is C=C(C)c1cc(OC2CCN(C(=O)OC(C)(C)C)CC2)cc(C)n1. The van der Waals surface area contributed by atoms with Crippen molar-refractivity contribution in [3.8, 4) is 5.75 Å². The molecule has 0 radical (unpaired) electrons. The minimum Gasteiger partial charge on any atom is -0.490 e. The summed E-state index contributed by atoms with van der Waals surface area (Å²) in [7, 11) is 0. The number of aromatic nitrogens is 1. The predicted octanol–water partition coefficient (Wildman–Crippen LogP) is 4.20. The number of allylic oxidation sites excluding steroid dienone is 1. The van der Waals surface area contributed by atoms with E-state index < -0.39 is 5.60 Å². The monoisotopic (exact) mass is 332 g/mol.